The Morgan fingerprint density at radius 2 is 1.63 bits per heavy atom. The van der Waals surface area contributed by atoms with E-state index in [0.717, 1.165) is 21.4 Å². The molecule has 2 aromatic heterocycles. The number of halogens is 1. The average molecular weight is 382 g/mol. The van der Waals surface area contributed by atoms with Crippen molar-refractivity contribution >= 4 is 33.4 Å². The highest BCUT2D eigenvalue weighted by Gasteiger charge is 2.17. The summed E-state index contributed by atoms with van der Waals surface area (Å²) >= 11 is 5.97. The zero-order valence-electron chi connectivity index (χ0n) is 14.9. The highest BCUT2D eigenvalue weighted by atomic mass is 35.5. The summed E-state index contributed by atoms with van der Waals surface area (Å²) < 4.78 is 1.16. The zero-order valence-corrected chi connectivity index (χ0v) is 15.7. The first kappa shape index (κ1) is 17.3. The van der Waals surface area contributed by atoms with Gasteiger partial charge >= 0.3 is 0 Å². The van der Waals surface area contributed by atoms with Crippen LogP contribution in [-0.4, -0.2) is 14.8 Å². The Hall–Kier alpha value is -3.12. The monoisotopic (exact) mass is 381 g/mol. The fourth-order valence-corrected chi connectivity index (χ4v) is 3.81. The fraction of sp³-hybridized carbons (Fsp3) is 0.150. The van der Waals surface area contributed by atoms with Gasteiger partial charge in [0.1, 0.15) is 10.9 Å². The summed E-state index contributed by atoms with van der Waals surface area (Å²) in [6.07, 6.45) is 0. The molecule has 0 atom stereocenters. The number of hydrogen-bond acceptors (Lipinski definition) is 3. The van der Waals surface area contributed by atoms with Gasteiger partial charge in [0, 0.05) is 10.4 Å². The fourth-order valence-electron chi connectivity index (χ4n) is 3.64. The van der Waals surface area contributed by atoms with E-state index < -0.39 is 16.5 Å². The number of rotatable bonds is 1. The molecule has 2 N–H and O–H groups in total. The first-order valence-corrected chi connectivity index (χ1v) is 8.74. The highest BCUT2D eigenvalue weighted by Crippen LogP contribution is 2.20. The van der Waals surface area contributed by atoms with Crippen molar-refractivity contribution in [2.45, 2.75) is 20.8 Å². The number of nitrogens with one attached hydrogen (secondary N) is 2. The molecule has 4 aromatic rings. The van der Waals surface area contributed by atoms with Gasteiger partial charge in [0.25, 0.3) is 11.1 Å². The maximum absolute atomic E-state index is 13.1. The Morgan fingerprint density at radius 3 is 2.30 bits per heavy atom. The standard InChI is InChI=1S/C20H16ClN3O3/c1-9-6-10(2)17(11(3)7-9)24-20(27)15-16(19(26)23-24)22-14-8-12(21)4-5-13(14)18(15)25/h4-8H,1-3H3,(H,22,25)(H,23,26). The first-order valence-electron chi connectivity index (χ1n) is 8.36. The van der Waals surface area contributed by atoms with Crippen LogP contribution in [0.15, 0.2) is 44.7 Å². The van der Waals surface area contributed by atoms with Gasteiger partial charge in [-0.05, 0) is 50.1 Å². The predicted molar refractivity (Wildman–Crippen MR) is 108 cm³/mol. The Bertz CT molecular complexity index is 1400. The molecule has 0 bridgehead atoms. The van der Waals surface area contributed by atoms with Crippen molar-refractivity contribution in [3.63, 3.8) is 0 Å². The third kappa shape index (κ3) is 2.61. The van der Waals surface area contributed by atoms with E-state index >= 15 is 0 Å². The normalized spacial score (nSPS) is 11.4. The van der Waals surface area contributed by atoms with Crippen molar-refractivity contribution in [2.75, 3.05) is 0 Å². The summed E-state index contributed by atoms with van der Waals surface area (Å²) in [6, 6.07) is 8.51. The average Bonchev–Trinajstić information content (AvgIpc) is 2.58. The number of aryl methyl sites for hydroxylation is 3. The van der Waals surface area contributed by atoms with E-state index in [-0.39, 0.29) is 10.9 Å². The summed E-state index contributed by atoms with van der Waals surface area (Å²) in [5, 5.41) is 3.14. The molecule has 4 rings (SSSR count). The van der Waals surface area contributed by atoms with Crippen LogP contribution >= 0.6 is 11.6 Å². The van der Waals surface area contributed by atoms with Crippen molar-refractivity contribution in [1.82, 2.24) is 14.8 Å². The minimum atomic E-state index is -0.572. The second-order valence-electron chi connectivity index (χ2n) is 6.72. The second kappa shape index (κ2) is 5.96. The molecule has 7 heteroatoms. The lowest BCUT2D eigenvalue weighted by Crippen LogP contribution is -2.33. The van der Waals surface area contributed by atoms with Gasteiger partial charge in [-0.2, -0.15) is 0 Å². The number of fused-ring (bicyclic) bond motifs is 2. The van der Waals surface area contributed by atoms with Gasteiger partial charge in [-0.3, -0.25) is 19.5 Å². The van der Waals surface area contributed by atoms with Crippen molar-refractivity contribution < 1.29 is 0 Å². The molecule has 27 heavy (non-hydrogen) atoms. The quantitative estimate of drug-likeness (QED) is 0.496. The Morgan fingerprint density at radius 1 is 0.963 bits per heavy atom. The number of nitrogens with zero attached hydrogens (tertiary/aromatic N) is 1. The van der Waals surface area contributed by atoms with Crippen molar-refractivity contribution in [1.29, 1.82) is 0 Å². The molecular weight excluding hydrogens is 366 g/mol. The number of aromatic amines is 2. The number of hydrogen-bond donors (Lipinski definition) is 2. The molecular formula is C20H16ClN3O3. The van der Waals surface area contributed by atoms with E-state index in [9.17, 15) is 14.4 Å². The maximum Gasteiger partial charge on any atom is 0.287 e. The molecule has 136 valence electrons. The van der Waals surface area contributed by atoms with Gasteiger partial charge in [-0.1, -0.05) is 29.3 Å². The topological polar surface area (TPSA) is 87.7 Å². The summed E-state index contributed by atoms with van der Waals surface area (Å²) in [7, 11) is 0. The first-order chi connectivity index (χ1) is 12.8. The Balaban J connectivity index is 2.20. The van der Waals surface area contributed by atoms with E-state index in [0.29, 0.717) is 21.6 Å². The van der Waals surface area contributed by atoms with Crippen LogP contribution in [0.3, 0.4) is 0 Å². The molecule has 0 radical (unpaired) electrons. The second-order valence-corrected chi connectivity index (χ2v) is 7.16. The molecule has 0 saturated heterocycles. The molecule has 0 amide bonds. The van der Waals surface area contributed by atoms with Crippen LogP contribution in [0.4, 0.5) is 0 Å². The van der Waals surface area contributed by atoms with E-state index in [4.69, 9.17) is 11.6 Å². The third-order valence-corrected chi connectivity index (χ3v) is 4.91. The van der Waals surface area contributed by atoms with Crippen LogP contribution in [0.5, 0.6) is 0 Å². The lowest BCUT2D eigenvalue weighted by Gasteiger charge is -2.14. The summed E-state index contributed by atoms with van der Waals surface area (Å²) in [6.45, 7) is 5.67. The smallest absolute Gasteiger partial charge is 0.287 e. The molecule has 0 fully saturated rings. The third-order valence-electron chi connectivity index (χ3n) is 4.68. The van der Waals surface area contributed by atoms with Gasteiger partial charge in [0.15, 0.2) is 0 Å². The molecule has 0 saturated carbocycles. The van der Waals surface area contributed by atoms with E-state index in [1.807, 2.05) is 32.9 Å². The largest absolute Gasteiger partial charge is 0.350 e. The number of H-pyrrole nitrogens is 2. The summed E-state index contributed by atoms with van der Waals surface area (Å²) in [4.78, 5) is 41.7. The lowest BCUT2D eigenvalue weighted by atomic mass is 10.1. The van der Waals surface area contributed by atoms with Gasteiger partial charge in [-0.15, -0.1) is 0 Å². The van der Waals surface area contributed by atoms with Crippen molar-refractivity contribution in [2.24, 2.45) is 0 Å². The zero-order chi connectivity index (χ0) is 19.5. The van der Waals surface area contributed by atoms with Crippen LogP contribution in [0, 0.1) is 20.8 Å². The summed E-state index contributed by atoms with van der Waals surface area (Å²) in [5.74, 6) is 0. The molecule has 0 unspecified atom stereocenters. The van der Waals surface area contributed by atoms with Crippen LogP contribution in [0.1, 0.15) is 16.7 Å². The molecule has 0 aliphatic rings. The van der Waals surface area contributed by atoms with E-state index in [1.54, 1.807) is 18.2 Å². The Labute approximate surface area is 158 Å². The van der Waals surface area contributed by atoms with E-state index in [2.05, 4.69) is 10.1 Å². The highest BCUT2D eigenvalue weighted by molar-refractivity contribution is 6.31. The van der Waals surface area contributed by atoms with Crippen molar-refractivity contribution in [3.8, 4) is 5.69 Å². The van der Waals surface area contributed by atoms with Crippen LogP contribution in [0.25, 0.3) is 27.5 Å². The Kier molecular flexibility index (Phi) is 3.82. The number of benzene rings is 2. The van der Waals surface area contributed by atoms with Gasteiger partial charge < -0.3 is 4.98 Å². The number of aromatic nitrogens is 3. The minimum Gasteiger partial charge on any atom is -0.350 e. The van der Waals surface area contributed by atoms with Crippen LogP contribution in [0.2, 0.25) is 5.02 Å². The molecule has 0 spiro atoms. The van der Waals surface area contributed by atoms with Gasteiger partial charge in [0.2, 0.25) is 5.43 Å². The molecule has 0 aliphatic carbocycles. The van der Waals surface area contributed by atoms with Gasteiger partial charge in [0.05, 0.1) is 11.2 Å². The minimum absolute atomic E-state index is 0.0570. The number of pyridine rings is 1. The SMILES string of the molecule is Cc1cc(C)c(-n2[nH]c(=O)c3[nH]c4cc(Cl)ccc4c(=O)c3c2=O)c(C)c1. The molecule has 0 aliphatic heterocycles. The molecule has 2 heterocycles. The van der Waals surface area contributed by atoms with Crippen LogP contribution in [-0.2, 0) is 0 Å². The van der Waals surface area contributed by atoms with Gasteiger partial charge in [-0.25, -0.2) is 4.68 Å². The lowest BCUT2D eigenvalue weighted by molar-refractivity contribution is 0.788. The van der Waals surface area contributed by atoms with Crippen molar-refractivity contribution in [3.05, 3.63) is 83.0 Å². The summed E-state index contributed by atoms with van der Waals surface area (Å²) in [5.41, 5.74) is 2.00. The molecule has 2 aromatic carbocycles. The van der Waals surface area contributed by atoms with E-state index in [1.165, 1.54) is 0 Å². The molecule has 6 nitrogen and oxygen atoms in total. The maximum atomic E-state index is 13.1. The predicted octanol–water partition coefficient (Wildman–Crippen LogP) is 3.10. The van der Waals surface area contributed by atoms with Crippen LogP contribution < -0.4 is 16.5 Å².